The molecule has 0 atom stereocenters. The molecular formula is C21H14BrN3O5S. The van der Waals surface area contributed by atoms with E-state index in [0.717, 1.165) is 10.0 Å². The zero-order valence-electron chi connectivity index (χ0n) is 16.0. The van der Waals surface area contributed by atoms with Gasteiger partial charge in [-0.1, -0.05) is 12.1 Å². The van der Waals surface area contributed by atoms with Crippen LogP contribution in [0.15, 0.2) is 68.9 Å². The van der Waals surface area contributed by atoms with Crippen molar-refractivity contribution in [2.75, 3.05) is 12.4 Å². The molecule has 4 aromatic rings. The number of methoxy groups -OCH3 is 1. The molecule has 10 heteroatoms. The normalized spacial score (nSPS) is 10.6. The summed E-state index contributed by atoms with van der Waals surface area (Å²) in [5.74, 6) is 0.681. The lowest BCUT2D eigenvalue weighted by Gasteiger charge is -2.04. The average Bonchev–Trinajstić information content (AvgIpc) is 3.44. The highest BCUT2D eigenvalue weighted by Gasteiger charge is 2.16. The van der Waals surface area contributed by atoms with Crippen molar-refractivity contribution in [3.05, 3.63) is 80.3 Å². The molecule has 2 aromatic carbocycles. The lowest BCUT2D eigenvalue weighted by molar-refractivity contribution is -0.384. The number of nitrogens with one attached hydrogen (secondary N) is 1. The molecule has 0 fully saturated rings. The molecule has 1 N–H and O–H groups in total. The Kier molecular flexibility index (Phi) is 5.83. The summed E-state index contributed by atoms with van der Waals surface area (Å²) in [5.41, 5.74) is 2.03. The van der Waals surface area contributed by atoms with E-state index in [-0.39, 0.29) is 11.4 Å². The number of ether oxygens (including phenoxy) is 1. The van der Waals surface area contributed by atoms with Gasteiger partial charge >= 0.3 is 0 Å². The summed E-state index contributed by atoms with van der Waals surface area (Å²) in [6.45, 7) is 0. The van der Waals surface area contributed by atoms with Crippen molar-refractivity contribution in [1.82, 2.24) is 4.98 Å². The molecular weight excluding hydrogens is 486 g/mol. The molecule has 156 valence electrons. The quantitative estimate of drug-likeness (QED) is 0.257. The summed E-state index contributed by atoms with van der Waals surface area (Å²) in [6.07, 6.45) is 0. The van der Waals surface area contributed by atoms with Gasteiger partial charge < -0.3 is 9.15 Å². The Labute approximate surface area is 188 Å². The average molecular weight is 500 g/mol. The van der Waals surface area contributed by atoms with Crippen LogP contribution in [0.5, 0.6) is 5.75 Å². The van der Waals surface area contributed by atoms with Crippen LogP contribution in [0.2, 0.25) is 0 Å². The predicted molar refractivity (Wildman–Crippen MR) is 121 cm³/mol. The number of halogens is 1. The lowest BCUT2D eigenvalue weighted by Crippen LogP contribution is -2.10. The standard InChI is InChI=1S/C21H14BrN3O5S/c1-29-18-6-5-12(10-15(18)22)16-11-31-21(23-16)24-20(26)19-8-7-17(30-19)13-3-2-4-14(9-13)25(27)28/h2-11H,1H3,(H,23,24,26). The third-order valence-electron chi connectivity index (χ3n) is 4.34. The largest absolute Gasteiger partial charge is 0.496 e. The molecule has 0 aliphatic heterocycles. The number of non-ortho nitro benzene ring substituents is 1. The van der Waals surface area contributed by atoms with Crippen LogP contribution in [0.3, 0.4) is 0 Å². The number of hydrogen-bond donors (Lipinski definition) is 1. The van der Waals surface area contributed by atoms with E-state index in [1.807, 2.05) is 23.6 Å². The summed E-state index contributed by atoms with van der Waals surface area (Å²) < 4.78 is 11.6. The number of rotatable bonds is 6. The summed E-state index contributed by atoms with van der Waals surface area (Å²) in [7, 11) is 1.59. The molecule has 0 aliphatic rings. The first kappa shape index (κ1) is 20.8. The Morgan fingerprint density at radius 3 is 2.77 bits per heavy atom. The predicted octanol–water partition coefficient (Wildman–Crippen LogP) is 6.00. The van der Waals surface area contributed by atoms with Crippen LogP contribution in [-0.2, 0) is 0 Å². The number of nitrogens with zero attached hydrogens (tertiary/aromatic N) is 2. The second-order valence-electron chi connectivity index (χ2n) is 6.31. The minimum absolute atomic E-state index is 0.0552. The first-order valence-corrected chi connectivity index (χ1v) is 10.6. The number of carbonyl (C=O) groups is 1. The van der Waals surface area contributed by atoms with Crippen molar-refractivity contribution in [2.45, 2.75) is 0 Å². The Balaban J connectivity index is 1.49. The van der Waals surface area contributed by atoms with Crippen molar-refractivity contribution in [3.8, 4) is 28.3 Å². The Hall–Kier alpha value is -3.50. The molecule has 31 heavy (non-hydrogen) atoms. The van der Waals surface area contributed by atoms with Gasteiger partial charge in [-0.05, 0) is 46.3 Å². The van der Waals surface area contributed by atoms with Gasteiger partial charge in [0.15, 0.2) is 10.9 Å². The Bertz CT molecular complexity index is 1280. The van der Waals surface area contributed by atoms with Crippen LogP contribution in [-0.4, -0.2) is 22.9 Å². The number of aromatic nitrogens is 1. The van der Waals surface area contributed by atoms with Crippen molar-refractivity contribution < 1.29 is 18.9 Å². The van der Waals surface area contributed by atoms with Crippen molar-refractivity contribution >= 4 is 44.0 Å². The van der Waals surface area contributed by atoms with Gasteiger partial charge in [-0.25, -0.2) is 4.98 Å². The van der Waals surface area contributed by atoms with Gasteiger partial charge in [0.25, 0.3) is 11.6 Å². The van der Waals surface area contributed by atoms with Crippen LogP contribution in [0.4, 0.5) is 10.8 Å². The van der Waals surface area contributed by atoms with Gasteiger partial charge in [-0.15, -0.1) is 11.3 Å². The Morgan fingerprint density at radius 2 is 2.03 bits per heavy atom. The van der Waals surface area contributed by atoms with Gasteiger partial charge in [0.05, 0.1) is 22.2 Å². The number of hydrogen-bond acceptors (Lipinski definition) is 7. The van der Waals surface area contributed by atoms with Crippen molar-refractivity contribution in [1.29, 1.82) is 0 Å². The van der Waals surface area contributed by atoms with Gasteiger partial charge in [-0.3, -0.25) is 20.2 Å². The number of benzene rings is 2. The number of anilines is 1. The van der Waals surface area contributed by atoms with E-state index in [1.54, 1.807) is 25.3 Å². The maximum atomic E-state index is 12.5. The van der Waals surface area contributed by atoms with E-state index >= 15 is 0 Å². The zero-order chi connectivity index (χ0) is 22.0. The van der Waals surface area contributed by atoms with Crippen LogP contribution < -0.4 is 10.1 Å². The van der Waals surface area contributed by atoms with E-state index in [4.69, 9.17) is 9.15 Å². The summed E-state index contributed by atoms with van der Waals surface area (Å²) in [6, 6.07) is 14.7. The molecule has 2 aromatic heterocycles. The monoisotopic (exact) mass is 499 g/mol. The number of carbonyl (C=O) groups excluding carboxylic acids is 1. The highest BCUT2D eigenvalue weighted by Crippen LogP contribution is 2.32. The first-order chi connectivity index (χ1) is 14.9. The van der Waals surface area contributed by atoms with Crippen molar-refractivity contribution in [2.24, 2.45) is 0 Å². The fourth-order valence-electron chi connectivity index (χ4n) is 2.84. The molecule has 0 saturated carbocycles. The molecule has 0 saturated heterocycles. The fourth-order valence-corrected chi connectivity index (χ4v) is 4.09. The molecule has 0 bridgehead atoms. The number of nitro groups is 1. The van der Waals surface area contributed by atoms with E-state index in [1.165, 1.54) is 29.5 Å². The maximum Gasteiger partial charge on any atom is 0.293 e. The van der Waals surface area contributed by atoms with Crippen LogP contribution in [0, 0.1) is 10.1 Å². The van der Waals surface area contributed by atoms with Crippen LogP contribution in [0.25, 0.3) is 22.6 Å². The number of nitro benzene ring substituents is 1. The van der Waals surface area contributed by atoms with E-state index < -0.39 is 10.8 Å². The summed E-state index contributed by atoms with van der Waals surface area (Å²) in [4.78, 5) is 27.5. The summed E-state index contributed by atoms with van der Waals surface area (Å²) in [5, 5.41) is 15.9. The SMILES string of the molecule is COc1ccc(-c2csc(NC(=O)c3ccc(-c4cccc([N+](=O)[O-])c4)o3)n2)cc1Br. The Morgan fingerprint density at radius 1 is 1.19 bits per heavy atom. The summed E-state index contributed by atoms with van der Waals surface area (Å²) >= 11 is 4.73. The highest BCUT2D eigenvalue weighted by atomic mass is 79.9. The second kappa shape index (κ2) is 8.70. The molecule has 1 amide bonds. The fraction of sp³-hybridized carbons (Fsp3) is 0.0476. The first-order valence-electron chi connectivity index (χ1n) is 8.90. The van der Waals surface area contributed by atoms with E-state index in [9.17, 15) is 14.9 Å². The van der Waals surface area contributed by atoms with Crippen LogP contribution >= 0.6 is 27.3 Å². The van der Waals surface area contributed by atoms with Crippen molar-refractivity contribution in [3.63, 3.8) is 0 Å². The van der Waals surface area contributed by atoms with E-state index in [0.29, 0.717) is 27.9 Å². The molecule has 0 radical (unpaired) electrons. The van der Waals surface area contributed by atoms with E-state index in [2.05, 4.69) is 26.2 Å². The molecule has 2 heterocycles. The topological polar surface area (TPSA) is 108 Å². The zero-order valence-corrected chi connectivity index (χ0v) is 18.4. The number of amides is 1. The minimum atomic E-state index is -0.485. The molecule has 0 unspecified atom stereocenters. The maximum absolute atomic E-state index is 12.5. The third kappa shape index (κ3) is 4.49. The van der Waals surface area contributed by atoms with Crippen LogP contribution in [0.1, 0.15) is 10.6 Å². The molecule has 0 spiro atoms. The van der Waals surface area contributed by atoms with Gasteiger partial charge in [0.1, 0.15) is 11.5 Å². The molecule has 0 aliphatic carbocycles. The van der Waals surface area contributed by atoms with Gasteiger partial charge in [0, 0.05) is 28.6 Å². The van der Waals surface area contributed by atoms with Gasteiger partial charge in [-0.2, -0.15) is 0 Å². The molecule has 4 rings (SSSR count). The smallest absolute Gasteiger partial charge is 0.293 e. The number of thiazole rings is 1. The number of furan rings is 1. The lowest BCUT2D eigenvalue weighted by atomic mass is 10.1. The minimum Gasteiger partial charge on any atom is -0.496 e. The highest BCUT2D eigenvalue weighted by molar-refractivity contribution is 9.10. The third-order valence-corrected chi connectivity index (χ3v) is 5.72. The van der Waals surface area contributed by atoms with Gasteiger partial charge in [0.2, 0.25) is 0 Å². The second-order valence-corrected chi connectivity index (χ2v) is 8.03. The molecule has 8 nitrogen and oxygen atoms in total.